The predicted octanol–water partition coefficient (Wildman–Crippen LogP) is 0.749. The largest absolute Gasteiger partial charge is 0.330 e. The molecule has 112 valence electrons. The number of barbiturate groups is 1. The summed E-state index contributed by atoms with van der Waals surface area (Å²) in [5.41, 5.74) is 1.05. The summed E-state index contributed by atoms with van der Waals surface area (Å²) in [6, 6.07) is 1.38. The van der Waals surface area contributed by atoms with Crippen molar-refractivity contribution in [1.82, 2.24) is 20.0 Å². The van der Waals surface area contributed by atoms with E-state index in [4.69, 9.17) is 0 Å². The maximum absolute atomic E-state index is 12.3. The van der Waals surface area contributed by atoms with Gasteiger partial charge in [-0.15, -0.1) is 0 Å². The van der Waals surface area contributed by atoms with E-state index in [1.807, 2.05) is 24.6 Å². The van der Waals surface area contributed by atoms with Crippen molar-refractivity contribution in [1.29, 1.82) is 0 Å². The van der Waals surface area contributed by atoms with Crippen molar-refractivity contribution in [3.63, 3.8) is 0 Å². The fraction of sp³-hybridized carbons (Fsp3) is 0.571. The van der Waals surface area contributed by atoms with E-state index in [1.165, 1.54) is 4.90 Å². The van der Waals surface area contributed by atoms with E-state index in [0.29, 0.717) is 32.4 Å². The fourth-order valence-corrected chi connectivity index (χ4v) is 2.78. The van der Waals surface area contributed by atoms with Gasteiger partial charge in [-0.3, -0.25) is 24.5 Å². The summed E-state index contributed by atoms with van der Waals surface area (Å²) in [6.07, 6.45) is 1.70. The summed E-state index contributed by atoms with van der Waals surface area (Å²) in [6.45, 7) is 4.83. The van der Waals surface area contributed by atoms with Gasteiger partial charge in [-0.2, -0.15) is 5.10 Å². The normalized spacial score (nSPS) is 20.1. The van der Waals surface area contributed by atoms with Gasteiger partial charge in [-0.05, 0) is 39.2 Å². The summed E-state index contributed by atoms with van der Waals surface area (Å²) in [7, 11) is 0. The lowest BCUT2D eigenvalue weighted by molar-refractivity contribution is -0.144. The minimum absolute atomic E-state index is 0.304. The van der Waals surface area contributed by atoms with Crippen molar-refractivity contribution in [3.05, 3.63) is 17.5 Å². The Bertz CT molecular complexity index is 630. The number of imide groups is 2. The average molecular weight is 290 g/mol. The Kier molecular flexibility index (Phi) is 3.07. The molecule has 1 spiro atoms. The first-order valence-electron chi connectivity index (χ1n) is 7.12. The SMILES string of the molecule is Cc1cc(C)n(CCCN2C(=O)NC(=O)C3(CC3)C2=O)n1. The molecule has 1 aliphatic heterocycles. The van der Waals surface area contributed by atoms with E-state index >= 15 is 0 Å². The molecule has 2 aliphatic rings. The molecule has 0 radical (unpaired) electrons. The monoisotopic (exact) mass is 290 g/mol. The number of aromatic nitrogens is 2. The Morgan fingerprint density at radius 1 is 1.24 bits per heavy atom. The molecule has 1 aliphatic carbocycles. The van der Waals surface area contributed by atoms with Gasteiger partial charge < -0.3 is 0 Å². The average Bonchev–Trinajstić information content (AvgIpc) is 3.15. The molecule has 7 heteroatoms. The van der Waals surface area contributed by atoms with Crippen LogP contribution in [0.5, 0.6) is 0 Å². The predicted molar refractivity (Wildman–Crippen MR) is 73.2 cm³/mol. The van der Waals surface area contributed by atoms with Gasteiger partial charge in [0, 0.05) is 18.8 Å². The van der Waals surface area contributed by atoms with E-state index in [2.05, 4.69) is 10.4 Å². The first-order chi connectivity index (χ1) is 9.94. The Morgan fingerprint density at radius 3 is 2.52 bits per heavy atom. The second kappa shape index (κ2) is 4.68. The Hall–Kier alpha value is -2.18. The highest BCUT2D eigenvalue weighted by Crippen LogP contribution is 2.48. The molecule has 0 unspecified atom stereocenters. The van der Waals surface area contributed by atoms with E-state index in [0.717, 1.165) is 11.4 Å². The zero-order chi connectivity index (χ0) is 15.2. The lowest BCUT2D eigenvalue weighted by Gasteiger charge is -2.30. The zero-order valence-corrected chi connectivity index (χ0v) is 12.2. The smallest absolute Gasteiger partial charge is 0.277 e. The van der Waals surface area contributed by atoms with Crippen molar-refractivity contribution in [2.24, 2.45) is 5.41 Å². The number of rotatable bonds is 4. The second-order valence-electron chi connectivity index (χ2n) is 5.80. The third kappa shape index (κ3) is 2.22. The highest BCUT2D eigenvalue weighted by Gasteiger charge is 2.61. The molecule has 4 amide bonds. The molecule has 0 bridgehead atoms. The van der Waals surface area contributed by atoms with Crippen LogP contribution in [0.3, 0.4) is 0 Å². The molecule has 2 heterocycles. The number of aryl methyl sites for hydroxylation is 3. The third-order valence-corrected chi connectivity index (χ3v) is 4.16. The standard InChI is InChI=1S/C14H18N4O3/c1-9-8-10(2)18(16-9)7-3-6-17-12(20)14(4-5-14)11(19)15-13(17)21/h8H,3-7H2,1-2H3,(H,15,19,21). The molecule has 7 nitrogen and oxygen atoms in total. The van der Waals surface area contributed by atoms with Gasteiger partial charge in [0.25, 0.3) is 0 Å². The lowest BCUT2D eigenvalue weighted by atomic mass is 10.0. The van der Waals surface area contributed by atoms with E-state index in [9.17, 15) is 14.4 Å². The van der Waals surface area contributed by atoms with Crippen LogP contribution in [0.4, 0.5) is 4.79 Å². The Labute approximate surface area is 122 Å². The molecule has 1 saturated carbocycles. The number of nitrogens with zero attached hydrogens (tertiary/aromatic N) is 3. The quantitative estimate of drug-likeness (QED) is 0.829. The highest BCUT2D eigenvalue weighted by molar-refractivity contribution is 6.20. The molecular formula is C14H18N4O3. The van der Waals surface area contributed by atoms with Crippen LogP contribution in [0.25, 0.3) is 0 Å². The molecule has 0 atom stereocenters. The number of carbonyl (C=O) groups is 3. The van der Waals surface area contributed by atoms with Crippen LogP contribution in [-0.4, -0.2) is 39.1 Å². The summed E-state index contributed by atoms with van der Waals surface area (Å²) in [5.74, 6) is -0.781. The molecule has 21 heavy (non-hydrogen) atoms. The maximum Gasteiger partial charge on any atom is 0.330 e. The minimum atomic E-state index is -0.952. The summed E-state index contributed by atoms with van der Waals surface area (Å²) in [4.78, 5) is 36.9. The van der Waals surface area contributed by atoms with Gasteiger partial charge >= 0.3 is 6.03 Å². The number of urea groups is 1. The molecule has 1 N–H and O–H groups in total. The number of carbonyl (C=O) groups excluding carboxylic acids is 3. The van der Waals surface area contributed by atoms with Crippen LogP contribution < -0.4 is 5.32 Å². The molecule has 3 rings (SSSR count). The first-order valence-corrected chi connectivity index (χ1v) is 7.12. The molecular weight excluding hydrogens is 272 g/mol. The number of nitrogens with one attached hydrogen (secondary N) is 1. The first kappa shape index (κ1) is 13.8. The van der Waals surface area contributed by atoms with Gasteiger partial charge in [0.2, 0.25) is 11.8 Å². The number of hydrogen-bond acceptors (Lipinski definition) is 4. The van der Waals surface area contributed by atoms with E-state index < -0.39 is 17.4 Å². The summed E-state index contributed by atoms with van der Waals surface area (Å²) < 4.78 is 1.86. The van der Waals surface area contributed by atoms with Crippen molar-refractivity contribution in [3.8, 4) is 0 Å². The summed E-state index contributed by atoms with van der Waals surface area (Å²) in [5, 5.41) is 6.62. The van der Waals surface area contributed by atoms with Crippen molar-refractivity contribution in [2.45, 2.75) is 39.7 Å². The van der Waals surface area contributed by atoms with Crippen LogP contribution in [0.2, 0.25) is 0 Å². The van der Waals surface area contributed by atoms with Crippen LogP contribution in [0.15, 0.2) is 6.07 Å². The van der Waals surface area contributed by atoms with Crippen LogP contribution in [0.1, 0.15) is 30.7 Å². The Balaban J connectivity index is 1.62. The van der Waals surface area contributed by atoms with E-state index in [-0.39, 0.29) is 5.91 Å². The molecule has 1 saturated heterocycles. The molecule has 1 aromatic rings. The van der Waals surface area contributed by atoms with Crippen LogP contribution in [-0.2, 0) is 16.1 Å². The third-order valence-electron chi connectivity index (χ3n) is 4.16. The topological polar surface area (TPSA) is 84.3 Å². The zero-order valence-electron chi connectivity index (χ0n) is 12.2. The van der Waals surface area contributed by atoms with Gasteiger partial charge in [-0.25, -0.2) is 4.79 Å². The van der Waals surface area contributed by atoms with Gasteiger partial charge in [0.15, 0.2) is 0 Å². The van der Waals surface area contributed by atoms with Crippen molar-refractivity contribution in [2.75, 3.05) is 6.54 Å². The van der Waals surface area contributed by atoms with Gasteiger partial charge in [0.1, 0.15) is 5.41 Å². The van der Waals surface area contributed by atoms with Crippen molar-refractivity contribution < 1.29 is 14.4 Å². The Morgan fingerprint density at radius 2 is 1.95 bits per heavy atom. The van der Waals surface area contributed by atoms with E-state index in [1.54, 1.807) is 0 Å². The second-order valence-corrected chi connectivity index (χ2v) is 5.80. The molecule has 0 aromatic carbocycles. The fourth-order valence-electron chi connectivity index (χ4n) is 2.78. The highest BCUT2D eigenvalue weighted by atomic mass is 16.2. The molecule has 1 aromatic heterocycles. The lowest BCUT2D eigenvalue weighted by Crippen LogP contribution is -2.59. The van der Waals surface area contributed by atoms with Crippen LogP contribution in [0, 0.1) is 19.3 Å². The number of hydrogen-bond donors (Lipinski definition) is 1. The number of amides is 4. The van der Waals surface area contributed by atoms with Crippen molar-refractivity contribution >= 4 is 17.8 Å². The van der Waals surface area contributed by atoms with Crippen LogP contribution >= 0.6 is 0 Å². The minimum Gasteiger partial charge on any atom is -0.277 e. The summed E-state index contributed by atoms with van der Waals surface area (Å²) >= 11 is 0. The maximum atomic E-state index is 12.3. The molecule has 2 fully saturated rings. The van der Waals surface area contributed by atoms with Gasteiger partial charge in [-0.1, -0.05) is 0 Å². The van der Waals surface area contributed by atoms with Gasteiger partial charge in [0.05, 0.1) is 5.69 Å².